The van der Waals surface area contributed by atoms with E-state index in [0.717, 1.165) is 0 Å². The van der Waals surface area contributed by atoms with Crippen molar-refractivity contribution >= 4 is 17.5 Å². The van der Waals surface area contributed by atoms with Crippen LogP contribution in [0, 0.1) is 5.41 Å². The number of carbonyl (C=O) groups excluding carboxylic acids is 2. The molecule has 0 unspecified atom stereocenters. The Labute approximate surface area is 128 Å². The van der Waals surface area contributed by atoms with Crippen LogP contribution in [0.25, 0.3) is 0 Å². The second-order valence-corrected chi connectivity index (χ2v) is 5.48. The van der Waals surface area contributed by atoms with Crippen molar-refractivity contribution in [3.63, 3.8) is 0 Å². The van der Waals surface area contributed by atoms with E-state index < -0.39 is 22.9 Å². The van der Waals surface area contributed by atoms with Gasteiger partial charge in [0.15, 0.2) is 5.41 Å². The van der Waals surface area contributed by atoms with E-state index in [9.17, 15) is 14.7 Å². The van der Waals surface area contributed by atoms with Crippen LogP contribution in [-0.4, -0.2) is 34.9 Å². The lowest BCUT2D eigenvalue weighted by atomic mass is 9.74. The summed E-state index contributed by atoms with van der Waals surface area (Å²) in [6, 6.07) is 8.99. The molecule has 0 aromatic heterocycles. The third-order valence-corrected chi connectivity index (χ3v) is 4.12. The third kappa shape index (κ3) is 1.93. The number of rotatable bonds is 3. The van der Waals surface area contributed by atoms with Crippen LogP contribution in [0.3, 0.4) is 0 Å². The monoisotopic (exact) mass is 299 g/mol. The molecule has 5 heteroatoms. The fourth-order valence-corrected chi connectivity index (χ4v) is 3.05. The quantitative estimate of drug-likeness (QED) is 0.523. The molecule has 1 aromatic rings. The van der Waals surface area contributed by atoms with E-state index in [1.807, 2.05) is 6.07 Å². The molecule has 22 heavy (non-hydrogen) atoms. The highest BCUT2D eigenvalue weighted by Gasteiger charge is 2.63. The predicted octanol–water partition coefficient (Wildman–Crippen LogP) is 1.65. The van der Waals surface area contributed by atoms with Crippen molar-refractivity contribution < 1.29 is 19.4 Å². The molecule has 2 atom stereocenters. The number of allylic oxidation sites excluding steroid dienone is 1. The second-order valence-electron chi connectivity index (χ2n) is 5.48. The molecule has 0 fully saturated rings. The molecule has 0 saturated carbocycles. The molecule has 1 aromatic carbocycles. The lowest BCUT2D eigenvalue weighted by Gasteiger charge is -2.26. The van der Waals surface area contributed by atoms with Crippen LogP contribution in [0.2, 0.25) is 0 Å². The van der Waals surface area contributed by atoms with E-state index in [-0.39, 0.29) is 19.4 Å². The van der Waals surface area contributed by atoms with E-state index in [1.165, 1.54) is 0 Å². The Morgan fingerprint density at radius 2 is 1.95 bits per heavy atom. The maximum absolute atomic E-state index is 12.8. The number of aliphatic imine (C=N–C) groups is 1. The summed E-state index contributed by atoms with van der Waals surface area (Å²) < 4.78 is 5.14. The van der Waals surface area contributed by atoms with E-state index >= 15 is 0 Å². The van der Waals surface area contributed by atoms with Crippen LogP contribution < -0.4 is 0 Å². The molecule has 3 rings (SSSR count). The largest absolute Gasteiger partial charge is 0.465 e. The smallest absolute Gasteiger partial charge is 0.326 e. The molecule has 5 nitrogen and oxygen atoms in total. The van der Waals surface area contributed by atoms with Crippen LogP contribution in [-0.2, 0) is 14.3 Å². The summed E-state index contributed by atoms with van der Waals surface area (Å²) in [5.74, 6) is -1.24. The molecule has 1 aliphatic heterocycles. The minimum absolute atomic E-state index is 0.0727. The predicted molar refractivity (Wildman–Crippen MR) is 80.4 cm³/mol. The zero-order valence-electron chi connectivity index (χ0n) is 12.3. The molecule has 2 bridgehead atoms. The van der Waals surface area contributed by atoms with Crippen molar-refractivity contribution in [2.24, 2.45) is 10.4 Å². The highest BCUT2D eigenvalue weighted by atomic mass is 16.5. The third-order valence-electron chi connectivity index (χ3n) is 4.12. The molecule has 1 N–H and O–H groups in total. The Bertz CT molecular complexity index is 679. The Balaban J connectivity index is 2.20. The summed E-state index contributed by atoms with van der Waals surface area (Å²) in [6.45, 7) is 1.85. The first-order valence-electron chi connectivity index (χ1n) is 7.30. The van der Waals surface area contributed by atoms with Gasteiger partial charge in [-0.2, -0.15) is 0 Å². The van der Waals surface area contributed by atoms with Crippen molar-refractivity contribution in [3.8, 4) is 0 Å². The van der Waals surface area contributed by atoms with Gasteiger partial charge in [0.25, 0.3) is 0 Å². The van der Waals surface area contributed by atoms with Gasteiger partial charge in [0.2, 0.25) is 11.5 Å². The van der Waals surface area contributed by atoms with E-state index in [1.54, 1.807) is 43.3 Å². The van der Waals surface area contributed by atoms with Crippen LogP contribution >= 0.6 is 0 Å². The Hall–Kier alpha value is -2.27. The van der Waals surface area contributed by atoms with Gasteiger partial charge in [-0.3, -0.25) is 9.59 Å². The standard InChI is InChI=1S/C17H17NO4/c1-2-22-15(20)16-10-6-7-11-17(21,14(16)19)18-13(16)12-8-4-3-5-9-12/h3-9,21H,2,10-11H2,1H3/t16-,17-/m1/s1. The number of ether oxygens (including phenoxy) is 1. The molecular weight excluding hydrogens is 282 g/mol. The van der Waals surface area contributed by atoms with Crippen molar-refractivity contribution in [2.45, 2.75) is 25.5 Å². The number of esters is 1. The van der Waals surface area contributed by atoms with Gasteiger partial charge in [0.1, 0.15) is 0 Å². The van der Waals surface area contributed by atoms with Gasteiger partial charge < -0.3 is 9.84 Å². The summed E-state index contributed by atoms with van der Waals surface area (Å²) in [7, 11) is 0. The molecule has 0 spiro atoms. The second kappa shape index (κ2) is 5.18. The lowest BCUT2D eigenvalue weighted by Crippen LogP contribution is -2.49. The first-order chi connectivity index (χ1) is 10.5. The first-order valence-corrected chi connectivity index (χ1v) is 7.30. The Morgan fingerprint density at radius 3 is 2.64 bits per heavy atom. The number of hydrogen-bond acceptors (Lipinski definition) is 5. The number of ketones is 1. The first kappa shape index (κ1) is 14.7. The van der Waals surface area contributed by atoms with Gasteiger partial charge in [-0.05, 0) is 18.9 Å². The van der Waals surface area contributed by atoms with Crippen LogP contribution in [0.1, 0.15) is 25.3 Å². The van der Waals surface area contributed by atoms with E-state index in [0.29, 0.717) is 11.3 Å². The number of aliphatic hydroxyl groups is 1. The SMILES string of the molecule is CCOC(=O)[C@]12CC=CC[C@](O)(N=C1c1ccccc1)C2=O. The van der Waals surface area contributed by atoms with Crippen molar-refractivity contribution in [3.05, 3.63) is 48.0 Å². The molecule has 1 heterocycles. The van der Waals surface area contributed by atoms with Crippen LogP contribution in [0.4, 0.5) is 0 Å². The molecule has 2 aliphatic rings. The average molecular weight is 299 g/mol. The Kier molecular flexibility index (Phi) is 3.45. The van der Waals surface area contributed by atoms with Gasteiger partial charge in [0, 0.05) is 6.42 Å². The number of nitrogens with zero attached hydrogens (tertiary/aromatic N) is 1. The topological polar surface area (TPSA) is 76.0 Å². The lowest BCUT2D eigenvalue weighted by molar-refractivity contribution is -0.159. The number of fused-ring (bicyclic) bond motifs is 2. The normalized spacial score (nSPS) is 29.9. The molecule has 0 radical (unpaired) electrons. The minimum atomic E-state index is -1.88. The number of Topliss-reactive ketones (excluding diaryl/α,β-unsaturated/α-hetero) is 1. The number of hydrogen-bond donors (Lipinski definition) is 1. The van der Waals surface area contributed by atoms with Gasteiger partial charge in [-0.15, -0.1) is 0 Å². The molecule has 114 valence electrons. The van der Waals surface area contributed by atoms with E-state index in [2.05, 4.69) is 4.99 Å². The summed E-state index contributed by atoms with van der Waals surface area (Å²) in [5.41, 5.74) is -2.50. The summed E-state index contributed by atoms with van der Waals surface area (Å²) in [6.07, 6.45) is 3.65. The fraction of sp³-hybridized carbons (Fsp3) is 0.353. The van der Waals surface area contributed by atoms with Crippen molar-refractivity contribution in [1.82, 2.24) is 0 Å². The average Bonchev–Trinajstić information content (AvgIpc) is 2.65. The van der Waals surface area contributed by atoms with Crippen LogP contribution in [0.15, 0.2) is 47.5 Å². The van der Waals surface area contributed by atoms with Gasteiger partial charge in [-0.25, -0.2) is 4.99 Å². The van der Waals surface area contributed by atoms with Crippen molar-refractivity contribution in [2.75, 3.05) is 6.61 Å². The van der Waals surface area contributed by atoms with E-state index in [4.69, 9.17) is 4.74 Å². The molecule has 0 amide bonds. The molecule has 1 aliphatic carbocycles. The highest BCUT2D eigenvalue weighted by molar-refractivity contribution is 6.34. The maximum Gasteiger partial charge on any atom is 0.326 e. The Morgan fingerprint density at radius 1 is 1.27 bits per heavy atom. The van der Waals surface area contributed by atoms with Gasteiger partial charge in [0.05, 0.1) is 12.3 Å². The highest BCUT2D eigenvalue weighted by Crippen LogP contribution is 2.45. The minimum Gasteiger partial charge on any atom is -0.465 e. The van der Waals surface area contributed by atoms with Crippen LogP contribution in [0.5, 0.6) is 0 Å². The summed E-state index contributed by atoms with van der Waals surface area (Å²) in [4.78, 5) is 29.7. The number of carbonyl (C=O) groups is 2. The van der Waals surface area contributed by atoms with Gasteiger partial charge in [-0.1, -0.05) is 42.5 Å². The summed E-state index contributed by atoms with van der Waals surface area (Å²) in [5, 5.41) is 10.6. The van der Waals surface area contributed by atoms with Crippen molar-refractivity contribution in [1.29, 1.82) is 0 Å². The van der Waals surface area contributed by atoms with Gasteiger partial charge >= 0.3 is 5.97 Å². The molecular formula is C17H17NO4. The zero-order chi connectivity index (χ0) is 15.8. The zero-order valence-corrected chi connectivity index (χ0v) is 12.3. The number of benzene rings is 1. The summed E-state index contributed by atoms with van der Waals surface area (Å²) >= 11 is 0. The molecule has 0 saturated heterocycles. The maximum atomic E-state index is 12.8. The fourth-order valence-electron chi connectivity index (χ4n) is 3.05.